The molecule has 1 aromatic carbocycles. The summed E-state index contributed by atoms with van der Waals surface area (Å²) in [5.74, 6) is -0.0805. The minimum Gasteiger partial charge on any atom is -0.493 e. The molecule has 0 saturated heterocycles. The van der Waals surface area contributed by atoms with Gasteiger partial charge in [-0.05, 0) is 31.0 Å². The van der Waals surface area contributed by atoms with Crippen LogP contribution in [0.2, 0.25) is 0 Å². The minimum atomic E-state index is -0.363. The SMILES string of the molecule is COc1c(F)cc(Br)cc1CC(C)N. The highest BCUT2D eigenvalue weighted by atomic mass is 79.9. The van der Waals surface area contributed by atoms with Crippen LogP contribution in [0, 0.1) is 5.82 Å². The van der Waals surface area contributed by atoms with E-state index >= 15 is 0 Å². The molecule has 78 valence electrons. The predicted octanol–water partition coefficient (Wildman–Crippen LogP) is 2.49. The quantitative estimate of drug-likeness (QED) is 0.908. The zero-order valence-corrected chi connectivity index (χ0v) is 9.77. The van der Waals surface area contributed by atoms with Crippen molar-refractivity contribution in [3.8, 4) is 5.75 Å². The number of halogens is 2. The molecule has 0 amide bonds. The molecule has 1 unspecified atom stereocenters. The molecule has 0 heterocycles. The normalized spacial score (nSPS) is 12.6. The van der Waals surface area contributed by atoms with Crippen LogP contribution in [0.5, 0.6) is 5.75 Å². The van der Waals surface area contributed by atoms with Gasteiger partial charge >= 0.3 is 0 Å². The topological polar surface area (TPSA) is 35.2 Å². The Morgan fingerprint density at radius 2 is 2.21 bits per heavy atom. The van der Waals surface area contributed by atoms with Gasteiger partial charge in [0.05, 0.1) is 7.11 Å². The lowest BCUT2D eigenvalue weighted by molar-refractivity contribution is 0.380. The predicted molar refractivity (Wildman–Crippen MR) is 58.0 cm³/mol. The van der Waals surface area contributed by atoms with Gasteiger partial charge in [0.2, 0.25) is 0 Å². The number of hydrogen-bond acceptors (Lipinski definition) is 2. The molecule has 1 aromatic rings. The van der Waals surface area contributed by atoms with Crippen molar-refractivity contribution in [1.29, 1.82) is 0 Å². The van der Waals surface area contributed by atoms with Crippen molar-refractivity contribution in [3.05, 3.63) is 28.0 Å². The molecule has 0 bridgehead atoms. The second-order valence-corrected chi connectivity index (χ2v) is 4.18. The molecule has 0 aliphatic heterocycles. The highest BCUT2D eigenvalue weighted by Crippen LogP contribution is 2.27. The van der Waals surface area contributed by atoms with Crippen molar-refractivity contribution >= 4 is 15.9 Å². The van der Waals surface area contributed by atoms with Gasteiger partial charge in [0.15, 0.2) is 11.6 Å². The largest absolute Gasteiger partial charge is 0.493 e. The molecule has 1 rings (SSSR count). The van der Waals surface area contributed by atoms with E-state index in [1.807, 2.05) is 13.0 Å². The lowest BCUT2D eigenvalue weighted by Crippen LogP contribution is -2.18. The first kappa shape index (κ1) is 11.5. The smallest absolute Gasteiger partial charge is 0.166 e. The highest BCUT2D eigenvalue weighted by Gasteiger charge is 2.11. The van der Waals surface area contributed by atoms with E-state index in [0.29, 0.717) is 10.9 Å². The molecular weight excluding hydrogens is 249 g/mol. The summed E-state index contributed by atoms with van der Waals surface area (Å²) in [5, 5.41) is 0. The number of benzene rings is 1. The Hall–Kier alpha value is -0.610. The van der Waals surface area contributed by atoms with E-state index in [2.05, 4.69) is 15.9 Å². The maximum atomic E-state index is 13.4. The van der Waals surface area contributed by atoms with Crippen molar-refractivity contribution < 1.29 is 9.13 Å². The van der Waals surface area contributed by atoms with Gasteiger partial charge in [0, 0.05) is 10.5 Å². The van der Waals surface area contributed by atoms with Crippen LogP contribution in [0.1, 0.15) is 12.5 Å². The number of ether oxygens (including phenoxy) is 1. The first-order valence-corrected chi connectivity index (χ1v) is 5.11. The van der Waals surface area contributed by atoms with E-state index in [4.69, 9.17) is 10.5 Å². The molecule has 0 spiro atoms. The Morgan fingerprint density at radius 3 is 2.71 bits per heavy atom. The first-order valence-electron chi connectivity index (χ1n) is 4.32. The molecule has 2 nitrogen and oxygen atoms in total. The molecule has 4 heteroatoms. The van der Waals surface area contributed by atoms with Gasteiger partial charge in [0.25, 0.3) is 0 Å². The molecule has 0 aliphatic carbocycles. The third-order valence-electron chi connectivity index (χ3n) is 1.83. The maximum Gasteiger partial charge on any atom is 0.166 e. The fourth-order valence-corrected chi connectivity index (χ4v) is 1.82. The molecule has 0 saturated carbocycles. The van der Waals surface area contributed by atoms with Crippen LogP contribution in [0.3, 0.4) is 0 Å². The van der Waals surface area contributed by atoms with Gasteiger partial charge in [0.1, 0.15) is 0 Å². The fourth-order valence-electron chi connectivity index (χ4n) is 1.34. The molecule has 0 radical (unpaired) electrons. The van der Waals surface area contributed by atoms with E-state index < -0.39 is 0 Å². The molecule has 0 aromatic heterocycles. The standard InChI is InChI=1S/C10H13BrFNO/c1-6(13)3-7-4-8(11)5-9(12)10(7)14-2/h4-6H,3,13H2,1-2H3. The summed E-state index contributed by atoms with van der Waals surface area (Å²) in [6, 6.07) is 3.19. The Kier molecular flexibility index (Phi) is 3.89. The van der Waals surface area contributed by atoms with Crippen LogP contribution >= 0.6 is 15.9 Å². The van der Waals surface area contributed by atoms with Crippen molar-refractivity contribution in [1.82, 2.24) is 0 Å². The van der Waals surface area contributed by atoms with Crippen molar-refractivity contribution in [2.24, 2.45) is 5.73 Å². The minimum absolute atomic E-state index is 0.0161. The Morgan fingerprint density at radius 1 is 1.57 bits per heavy atom. The second kappa shape index (κ2) is 4.75. The van der Waals surface area contributed by atoms with Gasteiger partial charge in [-0.3, -0.25) is 0 Å². The van der Waals surface area contributed by atoms with Gasteiger partial charge in [-0.15, -0.1) is 0 Å². The van der Waals surface area contributed by atoms with Crippen LogP contribution in [0.15, 0.2) is 16.6 Å². The molecule has 1 atom stereocenters. The van der Waals surface area contributed by atoms with Crippen molar-refractivity contribution in [2.45, 2.75) is 19.4 Å². The molecule has 2 N–H and O–H groups in total. The zero-order chi connectivity index (χ0) is 10.7. The van der Waals surface area contributed by atoms with Crippen LogP contribution in [-0.2, 0) is 6.42 Å². The fraction of sp³-hybridized carbons (Fsp3) is 0.400. The molecule has 0 aliphatic rings. The van der Waals surface area contributed by atoms with E-state index in [9.17, 15) is 4.39 Å². The number of methoxy groups -OCH3 is 1. The van der Waals surface area contributed by atoms with E-state index in [-0.39, 0.29) is 17.6 Å². The van der Waals surface area contributed by atoms with Gasteiger partial charge in [-0.1, -0.05) is 15.9 Å². The van der Waals surface area contributed by atoms with Gasteiger partial charge < -0.3 is 10.5 Å². The summed E-state index contributed by atoms with van der Waals surface area (Å²) in [4.78, 5) is 0. The number of hydrogen-bond donors (Lipinski definition) is 1. The summed E-state index contributed by atoms with van der Waals surface area (Å²) in [5.41, 5.74) is 6.44. The average molecular weight is 262 g/mol. The molecule has 14 heavy (non-hydrogen) atoms. The Balaban J connectivity index is 3.11. The maximum absolute atomic E-state index is 13.4. The lowest BCUT2D eigenvalue weighted by atomic mass is 10.1. The van der Waals surface area contributed by atoms with Gasteiger partial charge in [-0.25, -0.2) is 4.39 Å². The van der Waals surface area contributed by atoms with Gasteiger partial charge in [-0.2, -0.15) is 0 Å². The Labute approximate surface area is 91.4 Å². The summed E-state index contributed by atoms with van der Waals surface area (Å²) >= 11 is 3.23. The van der Waals surface area contributed by atoms with Crippen molar-refractivity contribution in [2.75, 3.05) is 7.11 Å². The van der Waals surface area contributed by atoms with Crippen LogP contribution in [0.25, 0.3) is 0 Å². The second-order valence-electron chi connectivity index (χ2n) is 3.26. The van der Waals surface area contributed by atoms with Crippen molar-refractivity contribution in [3.63, 3.8) is 0 Å². The number of nitrogens with two attached hydrogens (primary N) is 1. The zero-order valence-electron chi connectivity index (χ0n) is 8.18. The van der Waals surface area contributed by atoms with E-state index in [1.165, 1.54) is 13.2 Å². The summed E-state index contributed by atoms with van der Waals surface area (Å²) in [6.07, 6.45) is 0.597. The first-order chi connectivity index (χ1) is 6.54. The third kappa shape index (κ3) is 2.69. The average Bonchev–Trinajstić information content (AvgIpc) is 2.01. The highest BCUT2D eigenvalue weighted by molar-refractivity contribution is 9.10. The van der Waals surface area contributed by atoms with E-state index in [0.717, 1.165) is 5.56 Å². The summed E-state index contributed by atoms with van der Waals surface area (Å²) in [7, 11) is 1.46. The van der Waals surface area contributed by atoms with Crippen LogP contribution in [-0.4, -0.2) is 13.2 Å². The molecular formula is C10H13BrFNO. The lowest BCUT2D eigenvalue weighted by Gasteiger charge is -2.11. The monoisotopic (exact) mass is 261 g/mol. The Bertz CT molecular complexity index is 328. The van der Waals surface area contributed by atoms with E-state index in [1.54, 1.807) is 0 Å². The number of rotatable bonds is 3. The molecule has 0 fully saturated rings. The van der Waals surface area contributed by atoms with Crippen LogP contribution < -0.4 is 10.5 Å². The van der Waals surface area contributed by atoms with Crippen LogP contribution in [0.4, 0.5) is 4.39 Å². The third-order valence-corrected chi connectivity index (χ3v) is 2.29. The summed E-state index contributed by atoms with van der Waals surface area (Å²) in [6.45, 7) is 1.87. The summed E-state index contributed by atoms with van der Waals surface area (Å²) < 4.78 is 19.0.